The molecule has 0 unspecified atom stereocenters. The fourth-order valence-corrected chi connectivity index (χ4v) is 3.53. The van der Waals surface area contributed by atoms with Crippen LogP contribution in [0.25, 0.3) is 0 Å². The molecule has 0 aliphatic heterocycles. The summed E-state index contributed by atoms with van der Waals surface area (Å²) in [5, 5.41) is 9.89. The van der Waals surface area contributed by atoms with Crippen molar-refractivity contribution in [1.29, 1.82) is 0 Å². The molecule has 0 spiro atoms. The maximum Gasteiger partial charge on any atom is 0.193 e. The van der Waals surface area contributed by atoms with Gasteiger partial charge in [-0.3, -0.25) is 4.79 Å². The molecule has 2 aromatic rings. The maximum absolute atomic E-state index is 13.0. The van der Waals surface area contributed by atoms with Gasteiger partial charge in [0.15, 0.2) is 5.78 Å². The Balaban J connectivity index is 1.85. The first-order valence-electron chi connectivity index (χ1n) is 9.77. The fraction of sp³-hybridized carbons (Fsp3) is 0.458. The van der Waals surface area contributed by atoms with E-state index in [9.17, 15) is 9.90 Å². The molecule has 0 aromatic heterocycles. The number of carbonyl (C=O) groups excluding carboxylic acids is 1. The van der Waals surface area contributed by atoms with Crippen LogP contribution in [0.2, 0.25) is 0 Å². The molecule has 1 aliphatic rings. The lowest BCUT2D eigenvalue weighted by Gasteiger charge is -2.29. The van der Waals surface area contributed by atoms with Crippen LogP contribution in [0, 0.1) is 0 Å². The van der Waals surface area contributed by atoms with E-state index in [0.717, 1.165) is 40.7 Å². The van der Waals surface area contributed by atoms with E-state index in [1.807, 2.05) is 32.0 Å². The lowest BCUT2D eigenvalue weighted by molar-refractivity contribution is -0.0494. The first-order chi connectivity index (χ1) is 12.6. The Labute approximate surface area is 162 Å². The third kappa shape index (κ3) is 4.31. The van der Waals surface area contributed by atoms with Gasteiger partial charge in [0.25, 0.3) is 0 Å². The Bertz CT molecular complexity index is 856. The number of carbonyl (C=O) groups is 1. The third-order valence-corrected chi connectivity index (χ3v) is 5.43. The van der Waals surface area contributed by atoms with Crippen molar-refractivity contribution >= 4 is 5.78 Å². The number of rotatable bonds is 6. The van der Waals surface area contributed by atoms with Crippen LogP contribution in [0.5, 0.6) is 0 Å². The summed E-state index contributed by atoms with van der Waals surface area (Å²) in [5.41, 5.74) is 4.84. The van der Waals surface area contributed by atoms with Gasteiger partial charge in [-0.1, -0.05) is 37.3 Å². The summed E-state index contributed by atoms with van der Waals surface area (Å²) in [6, 6.07) is 12.3. The molecule has 27 heavy (non-hydrogen) atoms. The number of benzene rings is 2. The van der Waals surface area contributed by atoms with Gasteiger partial charge in [0.1, 0.15) is 0 Å². The van der Waals surface area contributed by atoms with Gasteiger partial charge in [-0.15, -0.1) is 0 Å². The summed E-state index contributed by atoms with van der Waals surface area (Å²) in [6.45, 7) is 10.2. The second kappa shape index (κ2) is 7.21. The van der Waals surface area contributed by atoms with E-state index in [1.165, 1.54) is 5.56 Å². The smallest absolute Gasteiger partial charge is 0.193 e. The van der Waals surface area contributed by atoms with Gasteiger partial charge in [0, 0.05) is 11.1 Å². The van der Waals surface area contributed by atoms with E-state index in [-0.39, 0.29) is 5.78 Å². The Kier molecular flexibility index (Phi) is 5.29. The van der Waals surface area contributed by atoms with Crippen LogP contribution < -0.4 is 0 Å². The topological polar surface area (TPSA) is 46.5 Å². The highest BCUT2D eigenvalue weighted by Crippen LogP contribution is 2.33. The van der Waals surface area contributed by atoms with Gasteiger partial charge in [-0.05, 0) is 75.3 Å². The minimum absolute atomic E-state index is 0.119. The summed E-state index contributed by atoms with van der Waals surface area (Å²) < 4.78 is 6.06. The molecule has 0 fully saturated rings. The molecule has 3 heteroatoms. The quantitative estimate of drug-likeness (QED) is 0.682. The molecule has 0 radical (unpaired) electrons. The molecule has 0 saturated carbocycles. The highest BCUT2D eigenvalue weighted by molar-refractivity contribution is 6.12. The molecular formula is C24H30O3. The van der Waals surface area contributed by atoms with Crippen molar-refractivity contribution in [2.45, 2.75) is 65.1 Å². The van der Waals surface area contributed by atoms with Gasteiger partial charge in [-0.2, -0.15) is 0 Å². The highest BCUT2D eigenvalue weighted by atomic mass is 16.5. The number of ketones is 1. The molecular weight excluding hydrogens is 336 g/mol. The Hall–Kier alpha value is -1.97. The summed E-state index contributed by atoms with van der Waals surface area (Å²) >= 11 is 0. The summed E-state index contributed by atoms with van der Waals surface area (Å²) in [6.07, 6.45) is 2.28. The van der Waals surface area contributed by atoms with Gasteiger partial charge in [0.2, 0.25) is 0 Å². The number of aliphatic hydroxyl groups is 1. The van der Waals surface area contributed by atoms with Crippen molar-refractivity contribution in [2.24, 2.45) is 0 Å². The Morgan fingerprint density at radius 1 is 1.00 bits per heavy atom. The Morgan fingerprint density at radius 3 is 2.41 bits per heavy atom. The molecule has 0 bridgehead atoms. The van der Waals surface area contributed by atoms with E-state index in [0.29, 0.717) is 13.0 Å². The predicted molar refractivity (Wildman–Crippen MR) is 108 cm³/mol. The number of ether oxygens (including phenoxy) is 1. The standard InChI is InChI=1S/C24H30O3/c1-6-16-7-8-17-14-18-15-19(9-10-20(18)22(25)21(17)13-16)24(4,5)27-12-11-23(2,3)26/h7-10,13,15,26H,6,11-12,14H2,1-5H3. The molecule has 0 saturated heterocycles. The highest BCUT2D eigenvalue weighted by Gasteiger charge is 2.28. The number of aryl methyl sites for hydroxylation is 1. The minimum atomic E-state index is -0.737. The normalized spacial score (nSPS) is 14.1. The van der Waals surface area contributed by atoms with E-state index in [1.54, 1.807) is 13.8 Å². The molecule has 1 aliphatic carbocycles. The van der Waals surface area contributed by atoms with Crippen LogP contribution in [0.1, 0.15) is 79.2 Å². The number of hydrogen-bond acceptors (Lipinski definition) is 3. The molecule has 1 N–H and O–H groups in total. The van der Waals surface area contributed by atoms with Crippen LogP contribution in [-0.2, 0) is 23.2 Å². The van der Waals surface area contributed by atoms with Crippen molar-refractivity contribution in [3.63, 3.8) is 0 Å². The largest absolute Gasteiger partial charge is 0.390 e. The zero-order valence-corrected chi connectivity index (χ0v) is 17.1. The second-order valence-corrected chi connectivity index (χ2v) is 8.64. The summed E-state index contributed by atoms with van der Waals surface area (Å²) in [4.78, 5) is 13.0. The average Bonchev–Trinajstić information content (AvgIpc) is 2.60. The lowest BCUT2D eigenvalue weighted by atomic mass is 9.82. The zero-order valence-electron chi connectivity index (χ0n) is 17.1. The van der Waals surface area contributed by atoms with Crippen molar-refractivity contribution in [1.82, 2.24) is 0 Å². The fourth-order valence-electron chi connectivity index (χ4n) is 3.53. The van der Waals surface area contributed by atoms with Crippen LogP contribution in [0.15, 0.2) is 36.4 Å². The summed E-state index contributed by atoms with van der Waals surface area (Å²) in [5.74, 6) is 0.119. The molecule has 3 rings (SSSR count). The SMILES string of the molecule is CCc1ccc2c(c1)C(=O)c1ccc(C(C)(C)OCCC(C)(C)O)cc1C2. The lowest BCUT2D eigenvalue weighted by Crippen LogP contribution is -2.27. The second-order valence-electron chi connectivity index (χ2n) is 8.64. The van der Waals surface area contributed by atoms with Crippen LogP contribution in [-0.4, -0.2) is 23.1 Å². The molecule has 0 atom stereocenters. The molecule has 2 aromatic carbocycles. The van der Waals surface area contributed by atoms with Crippen molar-refractivity contribution in [3.8, 4) is 0 Å². The monoisotopic (exact) mass is 366 g/mol. The molecule has 0 amide bonds. The Morgan fingerprint density at radius 2 is 1.74 bits per heavy atom. The van der Waals surface area contributed by atoms with E-state index in [4.69, 9.17) is 4.74 Å². The first kappa shape index (κ1) is 19.8. The van der Waals surface area contributed by atoms with Crippen molar-refractivity contribution in [3.05, 3.63) is 69.8 Å². The van der Waals surface area contributed by atoms with Crippen LogP contribution >= 0.6 is 0 Å². The molecule has 3 nitrogen and oxygen atoms in total. The average molecular weight is 367 g/mol. The maximum atomic E-state index is 13.0. The number of hydrogen-bond donors (Lipinski definition) is 1. The molecule has 144 valence electrons. The van der Waals surface area contributed by atoms with Crippen LogP contribution in [0.4, 0.5) is 0 Å². The van der Waals surface area contributed by atoms with E-state index in [2.05, 4.69) is 25.1 Å². The van der Waals surface area contributed by atoms with Crippen molar-refractivity contribution < 1.29 is 14.6 Å². The van der Waals surface area contributed by atoms with Gasteiger partial charge < -0.3 is 9.84 Å². The van der Waals surface area contributed by atoms with Crippen LogP contribution in [0.3, 0.4) is 0 Å². The third-order valence-electron chi connectivity index (χ3n) is 5.43. The van der Waals surface area contributed by atoms with E-state index < -0.39 is 11.2 Å². The van der Waals surface area contributed by atoms with Gasteiger partial charge in [0.05, 0.1) is 17.8 Å². The van der Waals surface area contributed by atoms with Gasteiger partial charge >= 0.3 is 0 Å². The molecule has 0 heterocycles. The predicted octanol–water partition coefficient (Wildman–Crippen LogP) is 4.80. The number of fused-ring (bicyclic) bond motifs is 2. The zero-order chi connectivity index (χ0) is 19.8. The van der Waals surface area contributed by atoms with E-state index >= 15 is 0 Å². The summed E-state index contributed by atoms with van der Waals surface area (Å²) in [7, 11) is 0. The van der Waals surface area contributed by atoms with Crippen molar-refractivity contribution in [2.75, 3.05) is 6.61 Å². The van der Waals surface area contributed by atoms with Gasteiger partial charge in [-0.25, -0.2) is 0 Å². The minimum Gasteiger partial charge on any atom is -0.390 e. The first-order valence-corrected chi connectivity index (χ1v) is 9.77.